The Morgan fingerprint density at radius 2 is 1.75 bits per heavy atom. The molecule has 0 heterocycles. The zero-order valence-electron chi connectivity index (χ0n) is 6.24. The second-order valence-electron chi connectivity index (χ2n) is 1.20. The van der Waals surface area contributed by atoms with E-state index in [1.165, 1.54) is 0 Å². The largest absolute Gasteiger partial charge is 0.382 e. The van der Waals surface area contributed by atoms with Gasteiger partial charge in [0.2, 0.25) is 0 Å². The summed E-state index contributed by atoms with van der Waals surface area (Å²) in [6.45, 7) is 10.9. The molecule has 0 aromatic heterocycles. The number of hydrogen-bond acceptors (Lipinski definition) is 1. The molecule has 1 heteroatoms. The van der Waals surface area contributed by atoms with Crippen LogP contribution in [0.15, 0.2) is 0 Å². The molecule has 0 rings (SSSR count). The van der Waals surface area contributed by atoms with Gasteiger partial charge in [0, 0.05) is 13.2 Å². The molecule has 8 heavy (non-hydrogen) atoms. The molecule has 0 aliphatic heterocycles. The van der Waals surface area contributed by atoms with Crippen LogP contribution >= 0.6 is 0 Å². The number of rotatable bonds is 3. The summed E-state index contributed by atoms with van der Waals surface area (Å²) in [5.41, 5.74) is 0. The van der Waals surface area contributed by atoms with Crippen molar-refractivity contribution in [3.63, 3.8) is 0 Å². The first kappa shape index (κ1) is 10.9. The standard InChI is InChI=1S/C5H12O.C2H5/c1-3-5-6-4-2;1-2/h3-5H2,1-2H3;1H2,2H3. The molecule has 0 aromatic rings. The molecule has 0 unspecified atom stereocenters. The first-order valence-corrected chi connectivity index (χ1v) is 3.20. The van der Waals surface area contributed by atoms with Crippen molar-refractivity contribution >= 4 is 0 Å². The van der Waals surface area contributed by atoms with Gasteiger partial charge in [0.25, 0.3) is 0 Å². The normalized spacial score (nSPS) is 7.50. The Morgan fingerprint density at radius 3 is 1.88 bits per heavy atom. The average Bonchev–Trinajstić information content (AvgIpc) is 1.88. The lowest BCUT2D eigenvalue weighted by atomic mass is 10.5. The van der Waals surface area contributed by atoms with Crippen molar-refractivity contribution in [3.8, 4) is 0 Å². The summed E-state index contributed by atoms with van der Waals surface area (Å²) < 4.78 is 4.98. The molecule has 51 valence electrons. The molecule has 0 saturated carbocycles. The predicted octanol–water partition coefficient (Wildman–Crippen LogP) is 2.27. The molecule has 0 bridgehead atoms. The molecule has 0 aliphatic rings. The van der Waals surface area contributed by atoms with E-state index in [-0.39, 0.29) is 0 Å². The van der Waals surface area contributed by atoms with Gasteiger partial charge >= 0.3 is 0 Å². The molecule has 0 fully saturated rings. The maximum absolute atomic E-state index is 4.98. The van der Waals surface area contributed by atoms with Gasteiger partial charge in [0.1, 0.15) is 0 Å². The van der Waals surface area contributed by atoms with Crippen molar-refractivity contribution in [2.45, 2.75) is 27.2 Å². The van der Waals surface area contributed by atoms with Gasteiger partial charge in [-0.1, -0.05) is 20.8 Å². The van der Waals surface area contributed by atoms with Gasteiger partial charge in [-0.15, -0.1) is 0 Å². The van der Waals surface area contributed by atoms with Gasteiger partial charge in [-0.05, 0) is 13.3 Å². The topological polar surface area (TPSA) is 9.23 Å². The Balaban J connectivity index is 0. The average molecular weight is 117 g/mol. The highest BCUT2D eigenvalue weighted by Crippen LogP contribution is 1.75. The number of ether oxygens (including phenoxy) is 1. The van der Waals surface area contributed by atoms with Crippen LogP contribution in [-0.4, -0.2) is 13.2 Å². The highest BCUT2D eigenvalue weighted by Gasteiger charge is 1.72. The fourth-order valence-electron chi connectivity index (χ4n) is 0.289. The van der Waals surface area contributed by atoms with Crippen molar-refractivity contribution in [2.24, 2.45) is 0 Å². The monoisotopic (exact) mass is 117 g/mol. The van der Waals surface area contributed by atoms with Crippen LogP contribution in [-0.2, 0) is 4.74 Å². The summed E-state index contributed by atoms with van der Waals surface area (Å²) >= 11 is 0. The van der Waals surface area contributed by atoms with Crippen LogP contribution < -0.4 is 0 Å². The van der Waals surface area contributed by atoms with Crippen LogP contribution in [0.4, 0.5) is 0 Å². The Morgan fingerprint density at radius 1 is 1.25 bits per heavy atom. The quantitative estimate of drug-likeness (QED) is 0.515. The first-order chi connectivity index (χ1) is 3.91. The fraction of sp³-hybridized carbons (Fsp3) is 0.857. The molecular formula is C7H17O. The predicted molar refractivity (Wildman–Crippen MR) is 37.8 cm³/mol. The Hall–Kier alpha value is -0.0400. The molecule has 1 nitrogen and oxygen atoms in total. The van der Waals surface area contributed by atoms with Gasteiger partial charge < -0.3 is 4.74 Å². The summed E-state index contributed by atoms with van der Waals surface area (Å²) in [6, 6.07) is 0. The van der Waals surface area contributed by atoms with Gasteiger partial charge in [-0.3, -0.25) is 0 Å². The van der Waals surface area contributed by atoms with Crippen LogP contribution in [0, 0.1) is 6.92 Å². The van der Waals surface area contributed by atoms with E-state index in [0.29, 0.717) is 0 Å². The van der Waals surface area contributed by atoms with E-state index in [0.717, 1.165) is 19.6 Å². The number of hydrogen-bond donors (Lipinski definition) is 0. The van der Waals surface area contributed by atoms with E-state index < -0.39 is 0 Å². The molecular weight excluding hydrogens is 100 g/mol. The smallest absolute Gasteiger partial charge is 0.0463 e. The van der Waals surface area contributed by atoms with Gasteiger partial charge in [-0.25, -0.2) is 0 Å². The SMILES string of the molecule is CCCOCC.[CH2]C. The van der Waals surface area contributed by atoms with Crippen LogP contribution in [0.3, 0.4) is 0 Å². The van der Waals surface area contributed by atoms with Crippen LogP contribution in [0.1, 0.15) is 27.2 Å². The van der Waals surface area contributed by atoms with Crippen molar-refractivity contribution in [1.82, 2.24) is 0 Å². The minimum atomic E-state index is 0.855. The second kappa shape index (κ2) is 15.8. The van der Waals surface area contributed by atoms with Crippen LogP contribution in [0.2, 0.25) is 0 Å². The Kier molecular flexibility index (Phi) is 21.4. The lowest BCUT2D eigenvalue weighted by Crippen LogP contribution is -1.88. The van der Waals surface area contributed by atoms with Crippen molar-refractivity contribution in [1.29, 1.82) is 0 Å². The molecule has 0 aromatic carbocycles. The summed E-state index contributed by atoms with van der Waals surface area (Å²) in [5, 5.41) is 0. The zero-order chi connectivity index (χ0) is 6.83. The van der Waals surface area contributed by atoms with Gasteiger partial charge in [0.05, 0.1) is 0 Å². The maximum Gasteiger partial charge on any atom is 0.0463 e. The summed E-state index contributed by atoms with van der Waals surface area (Å²) in [5.74, 6) is 0. The van der Waals surface area contributed by atoms with E-state index in [1.54, 1.807) is 6.92 Å². The third kappa shape index (κ3) is 16.7. The van der Waals surface area contributed by atoms with Crippen molar-refractivity contribution in [3.05, 3.63) is 6.92 Å². The van der Waals surface area contributed by atoms with E-state index in [2.05, 4.69) is 13.8 Å². The highest BCUT2D eigenvalue weighted by molar-refractivity contribution is 4.19. The van der Waals surface area contributed by atoms with E-state index >= 15 is 0 Å². The first-order valence-electron chi connectivity index (χ1n) is 3.20. The second-order valence-corrected chi connectivity index (χ2v) is 1.20. The summed E-state index contributed by atoms with van der Waals surface area (Å²) in [7, 11) is 0. The fourth-order valence-corrected chi connectivity index (χ4v) is 0.289. The zero-order valence-corrected chi connectivity index (χ0v) is 6.24. The minimum Gasteiger partial charge on any atom is -0.382 e. The molecule has 1 radical (unpaired) electrons. The third-order valence-corrected chi connectivity index (χ3v) is 0.553. The molecule has 0 spiro atoms. The molecule has 0 aliphatic carbocycles. The maximum atomic E-state index is 4.98. The van der Waals surface area contributed by atoms with Gasteiger partial charge in [-0.2, -0.15) is 0 Å². The summed E-state index contributed by atoms with van der Waals surface area (Å²) in [4.78, 5) is 0. The lowest BCUT2D eigenvalue weighted by molar-refractivity contribution is 0.148. The lowest BCUT2D eigenvalue weighted by Gasteiger charge is -1.91. The van der Waals surface area contributed by atoms with Crippen LogP contribution in [0.5, 0.6) is 0 Å². The van der Waals surface area contributed by atoms with E-state index in [9.17, 15) is 0 Å². The molecule has 0 atom stereocenters. The summed E-state index contributed by atoms with van der Waals surface area (Å²) in [6.07, 6.45) is 1.13. The molecule has 0 saturated heterocycles. The van der Waals surface area contributed by atoms with E-state index in [4.69, 9.17) is 4.74 Å². The Labute approximate surface area is 53.0 Å². The molecule has 0 N–H and O–H groups in total. The van der Waals surface area contributed by atoms with Crippen LogP contribution in [0.25, 0.3) is 0 Å². The minimum absolute atomic E-state index is 0.855. The van der Waals surface area contributed by atoms with Crippen molar-refractivity contribution < 1.29 is 4.74 Å². The molecule has 0 amide bonds. The van der Waals surface area contributed by atoms with E-state index in [1.807, 2.05) is 6.92 Å². The van der Waals surface area contributed by atoms with Gasteiger partial charge in [0.15, 0.2) is 0 Å². The highest BCUT2D eigenvalue weighted by atomic mass is 16.5. The van der Waals surface area contributed by atoms with Crippen molar-refractivity contribution in [2.75, 3.05) is 13.2 Å². The Bertz CT molecular complexity index is 16.3. The third-order valence-electron chi connectivity index (χ3n) is 0.553.